The van der Waals surface area contributed by atoms with Crippen molar-refractivity contribution in [2.75, 3.05) is 11.9 Å². The van der Waals surface area contributed by atoms with Gasteiger partial charge in [0.05, 0.1) is 6.04 Å². The first-order valence-electron chi connectivity index (χ1n) is 7.24. The van der Waals surface area contributed by atoms with Crippen LogP contribution in [-0.2, 0) is 4.79 Å². The zero-order valence-corrected chi connectivity index (χ0v) is 11.4. The molecule has 1 saturated heterocycles. The molecule has 1 aromatic heterocycles. The molecule has 1 atom stereocenters. The monoisotopic (exact) mass is 259 g/mol. The van der Waals surface area contributed by atoms with Gasteiger partial charge in [0.1, 0.15) is 5.82 Å². The minimum atomic E-state index is 0.171. The maximum absolute atomic E-state index is 11.7. The van der Waals surface area contributed by atoms with E-state index in [2.05, 4.69) is 16.4 Å². The summed E-state index contributed by atoms with van der Waals surface area (Å²) in [5.74, 6) is 1.13. The Morgan fingerprint density at radius 2 is 2.16 bits per heavy atom. The maximum atomic E-state index is 11.7. The van der Waals surface area contributed by atoms with Gasteiger partial charge in [-0.2, -0.15) is 0 Å². The van der Waals surface area contributed by atoms with Crippen molar-refractivity contribution in [2.45, 2.75) is 51.1 Å². The van der Waals surface area contributed by atoms with Gasteiger partial charge in [0.2, 0.25) is 5.91 Å². The molecule has 0 aromatic carbocycles. The van der Waals surface area contributed by atoms with E-state index in [1.807, 2.05) is 17.2 Å². The summed E-state index contributed by atoms with van der Waals surface area (Å²) in [6.07, 6.45) is 7.79. The predicted molar refractivity (Wildman–Crippen MR) is 74.9 cm³/mol. The summed E-state index contributed by atoms with van der Waals surface area (Å²) in [6.45, 7) is 2.54. The second-order valence-corrected chi connectivity index (χ2v) is 5.62. The molecule has 4 heteroatoms. The first-order valence-corrected chi connectivity index (χ1v) is 7.24. The van der Waals surface area contributed by atoms with Crippen LogP contribution in [-0.4, -0.2) is 28.4 Å². The second-order valence-electron chi connectivity index (χ2n) is 5.62. The Morgan fingerprint density at radius 1 is 1.32 bits per heavy atom. The molecule has 2 heterocycles. The van der Waals surface area contributed by atoms with Gasteiger partial charge < -0.3 is 10.2 Å². The number of hydrogen-bond donors (Lipinski definition) is 1. The normalized spacial score (nSPS) is 23.2. The molecule has 2 aliphatic rings. The maximum Gasteiger partial charge on any atom is 0.219 e. The molecule has 1 aromatic rings. The lowest BCUT2D eigenvalue weighted by molar-refractivity contribution is -0.132. The summed E-state index contributed by atoms with van der Waals surface area (Å²) in [5, 5.41) is 3.39. The summed E-state index contributed by atoms with van der Waals surface area (Å²) in [7, 11) is 0. The molecule has 1 amide bonds. The van der Waals surface area contributed by atoms with Crippen LogP contribution in [0.3, 0.4) is 0 Å². The van der Waals surface area contributed by atoms with Crippen molar-refractivity contribution in [1.82, 2.24) is 9.88 Å². The third-order valence-electron chi connectivity index (χ3n) is 4.01. The molecule has 1 N–H and O–H groups in total. The van der Waals surface area contributed by atoms with Gasteiger partial charge in [0.25, 0.3) is 0 Å². The number of nitrogens with one attached hydrogen (secondary N) is 1. The number of nitrogens with zero attached hydrogens (tertiary/aromatic N) is 2. The van der Waals surface area contributed by atoms with Crippen molar-refractivity contribution in [3.05, 3.63) is 23.9 Å². The molecule has 1 aliphatic carbocycles. The fourth-order valence-electron chi connectivity index (χ4n) is 2.78. The number of hydrogen-bond acceptors (Lipinski definition) is 3. The predicted octanol–water partition coefficient (Wildman–Crippen LogP) is 2.73. The van der Waals surface area contributed by atoms with Gasteiger partial charge in [0, 0.05) is 25.7 Å². The minimum Gasteiger partial charge on any atom is -0.367 e. The van der Waals surface area contributed by atoms with Crippen LogP contribution < -0.4 is 5.32 Å². The molecule has 0 spiro atoms. The Kier molecular flexibility index (Phi) is 3.40. The van der Waals surface area contributed by atoms with Crippen molar-refractivity contribution in [3.8, 4) is 0 Å². The first-order chi connectivity index (χ1) is 9.24. The van der Waals surface area contributed by atoms with Crippen LogP contribution in [0.15, 0.2) is 18.3 Å². The van der Waals surface area contributed by atoms with Gasteiger partial charge in [-0.25, -0.2) is 4.98 Å². The Balaban J connectivity index is 1.73. The number of carbonyl (C=O) groups excluding carboxylic acids is 1. The minimum absolute atomic E-state index is 0.171. The van der Waals surface area contributed by atoms with Crippen LogP contribution in [0, 0.1) is 0 Å². The van der Waals surface area contributed by atoms with Gasteiger partial charge in [-0.15, -0.1) is 0 Å². The number of pyridine rings is 1. The third kappa shape index (κ3) is 2.88. The van der Waals surface area contributed by atoms with E-state index in [9.17, 15) is 4.79 Å². The lowest BCUT2D eigenvalue weighted by Crippen LogP contribution is -2.36. The topological polar surface area (TPSA) is 45.2 Å². The highest BCUT2D eigenvalue weighted by Gasteiger charge is 2.26. The summed E-state index contributed by atoms with van der Waals surface area (Å²) in [6, 6.07) is 5.00. The molecule has 3 rings (SSSR count). The standard InChI is InChI=1S/C15H21N3O/c1-11(19)18-9-3-2-4-14(18)12-5-8-15(16-10-12)17-13-6-7-13/h5,8,10,13-14H,2-4,6-7,9H2,1H3,(H,16,17)/t14-/m0/s1. The van der Waals surface area contributed by atoms with Gasteiger partial charge in [0.15, 0.2) is 0 Å². The average Bonchev–Trinajstić information content (AvgIpc) is 3.23. The van der Waals surface area contributed by atoms with E-state index in [1.165, 1.54) is 19.3 Å². The highest BCUT2D eigenvalue weighted by Crippen LogP contribution is 2.31. The first kappa shape index (κ1) is 12.5. The molecule has 102 valence electrons. The molecule has 1 saturated carbocycles. The van der Waals surface area contributed by atoms with E-state index in [1.54, 1.807) is 6.92 Å². The molecule has 19 heavy (non-hydrogen) atoms. The fraction of sp³-hybridized carbons (Fsp3) is 0.600. The number of amides is 1. The lowest BCUT2D eigenvalue weighted by Gasteiger charge is -2.35. The van der Waals surface area contributed by atoms with Gasteiger partial charge in [-0.1, -0.05) is 6.07 Å². The van der Waals surface area contributed by atoms with E-state index in [0.29, 0.717) is 6.04 Å². The van der Waals surface area contributed by atoms with Crippen molar-refractivity contribution >= 4 is 11.7 Å². The van der Waals surface area contributed by atoms with E-state index in [0.717, 1.165) is 30.8 Å². The number of aromatic nitrogens is 1. The number of likely N-dealkylation sites (tertiary alicyclic amines) is 1. The second kappa shape index (κ2) is 5.19. The highest BCUT2D eigenvalue weighted by atomic mass is 16.2. The molecule has 0 bridgehead atoms. The smallest absolute Gasteiger partial charge is 0.219 e. The van der Waals surface area contributed by atoms with E-state index in [-0.39, 0.29) is 11.9 Å². The van der Waals surface area contributed by atoms with E-state index < -0.39 is 0 Å². The fourth-order valence-corrected chi connectivity index (χ4v) is 2.78. The summed E-state index contributed by atoms with van der Waals surface area (Å²) < 4.78 is 0. The largest absolute Gasteiger partial charge is 0.367 e. The molecular weight excluding hydrogens is 238 g/mol. The SMILES string of the molecule is CC(=O)N1CCCC[C@H]1c1ccc(NC2CC2)nc1. The number of anilines is 1. The molecule has 4 nitrogen and oxygen atoms in total. The van der Waals surface area contributed by atoms with Crippen LogP contribution in [0.4, 0.5) is 5.82 Å². The van der Waals surface area contributed by atoms with Crippen LogP contribution in [0.25, 0.3) is 0 Å². The number of rotatable bonds is 3. The molecule has 2 fully saturated rings. The quantitative estimate of drug-likeness (QED) is 0.907. The van der Waals surface area contributed by atoms with E-state index >= 15 is 0 Å². The van der Waals surface area contributed by atoms with Crippen LogP contribution in [0.2, 0.25) is 0 Å². The summed E-state index contributed by atoms with van der Waals surface area (Å²) >= 11 is 0. The number of carbonyl (C=O) groups is 1. The Bertz CT molecular complexity index is 453. The van der Waals surface area contributed by atoms with E-state index in [4.69, 9.17) is 0 Å². The zero-order valence-electron chi connectivity index (χ0n) is 11.4. The van der Waals surface area contributed by atoms with Crippen molar-refractivity contribution in [1.29, 1.82) is 0 Å². The van der Waals surface area contributed by atoms with Crippen molar-refractivity contribution in [2.24, 2.45) is 0 Å². The van der Waals surface area contributed by atoms with Crippen molar-refractivity contribution < 1.29 is 4.79 Å². The lowest BCUT2D eigenvalue weighted by atomic mass is 9.96. The number of piperidine rings is 1. The molecule has 0 radical (unpaired) electrons. The Labute approximate surface area is 114 Å². The molecule has 1 aliphatic heterocycles. The van der Waals surface area contributed by atoms with Crippen molar-refractivity contribution in [3.63, 3.8) is 0 Å². The Morgan fingerprint density at radius 3 is 2.79 bits per heavy atom. The third-order valence-corrected chi connectivity index (χ3v) is 4.01. The Hall–Kier alpha value is -1.58. The van der Waals surface area contributed by atoms with Gasteiger partial charge in [-0.05, 0) is 43.7 Å². The average molecular weight is 259 g/mol. The van der Waals surface area contributed by atoms with Crippen LogP contribution in [0.5, 0.6) is 0 Å². The van der Waals surface area contributed by atoms with Gasteiger partial charge >= 0.3 is 0 Å². The summed E-state index contributed by atoms with van der Waals surface area (Å²) in [4.78, 5) is 18.2. The highest BCUT2D eigenvalue weighted by molar-refractivity contribution is 5.74. The molecule has 0 unspecified atom stereocenters. The van der Waals surface area contributed by atoms with Crippen LogP contribution in [0.1, 0.15) is 50.6 Å². The van der Waals surface area contributed by atoms with Gasteiger partial charge in [-0.3, -0.25) is 4.79 Å². The molecular formula is C15H21N3O. The van der Waals surface area contributed by atoms with Crippen LogP contribution >= 0.6 is 0 Å². The summed E-state index contributed by atoms with van der Waals surface area (Å²) in [5.41, 5.74) is 1.16. The zero-order chi connectivity index (χ0) is 13.2.